The van der Waals surface area contributed by atoms with Crippen LogP contribution in [0.25, 0.3) is 0 Å². The molecule has 2 aliphatic rings. The van der Waals surface area contributed by atoms with Gasteiger partial charge in [-0.3, -0.25) is 9.69 Å². The number of benzene rings is 1. The summed E-state index contributed by atoms with van der Waals surface area (Å²) < 4.78 is 19.2. The van der Waals surface area contributed by atoms with E-state index in [0.29, 0.717) is 30.5 Å². The number of rotatable bonds is 4. The lowest BCUT2D eigenvalue weighted by Gasteiger charge is -2.46. The first-order valence-corrected chi connectivity index (χ1v) is 7.71. The summed E-state index contributed by atoms with van der Waals surface area (Å²) in [5.41, 5.74) is 0.641. The van der Waals surface area contributed by atoms with E-state index in [0.717, 1.165) is 26.1 Å². The number of piperidine rings is 1. The maximum absolute atomic E-state index is 13.6. The van der Waals surface area contributed by atoms with Gasteiger partial charge in [0.15, 0.2) is 0 Å². The van der Waals surface area contributed by atoms with Gasteiger partial charge in [-0.05, 0) is 37.9 Å². The highest BCUT2D eigenvalue weighted by Gasteiger charge is 2.38. The maximum atomic E-state index is 13.6. The average molecular weight is 291 g/mol. The highest BCUT2D eigenvalue weighted by Crippen LogP contribution is 2.31. The third-order valence-electron chi connectivity index (χ3n) is 4.94. The Labute approximate surface area is 125 Å². The molecular weight excluding hydrogens is 269 g/mol. The van der Waals surface area contributed by atoms with E-state index < -0.39 is 0 Å². The van der Waals surface area contributed by atoms with Crippen LogP contribution < -0.4 is 0 Å². The number of fused-ring (bicyclic) bond motifs is 2. The molecule has 0 saturated carbocycles. The van der Waals surface area contributed by atoms with Crippen LogP contribution in [0, 0.1) is 11.7 Å². The van der Waals surface area contributed by atoms with E-state index >= 15 is 0 Å². The lowest BCUT2D eigenvalue weighted by molar-refractivity contribution is -0.131. The highest BCUT2D eigenvalue weighted by molar-refractivity contribution is 5.81. The summed E-state index contributed by atoms with van der Waals surface area (Å²) in [5.74, 6) is 0.189. The molecule has 1 aromatic carbocycles. The van der Waals surface area contributed by atoms with Crippen molar-refractivity contribution in [2.45, 2.75) is 37.8 Å². The Bertz CT molecular complexity index is 505. The van der Waals surface area contributed by atoms with Gasteiger partial charge < -0.3 is 4.74 Å². The van der Waals surface area contributed by atoms with Gasteiger partial charge in [-0.25, -0.2) is 4.39 Å². The number of ketones is 1. The van der Waals surface area contributed by atoms with Crippen LogP contribution in [0.1, 0.15) is 24.8 Å². The van der Waals surface area contributed by atoms with E-state index in [9.17, 15) is 9.18 Å². The first kappa shape index (κ1) is 14.7. The number of Topliss-reactive ketones (excluding diaryl/α,β-unsaturated/α-hetero) is 1. The van der Waals surface area contributed by atoms with Crippen LogP contribution in [0.4, 0.5) is 4.39 Å². The lowest BCUT2D eigenvalue weighted by atomic mass is 9.81. The zero-order valence-corrected chi connectivity index (χ0v) is 12.4. The zero-order valence-electron chi connectivity index (χ0n) is 12.4. The summed E-state index contributed by atoms with van der Waals surface area (Å²) in [7, 11) is 2.12. The van der Waals surface area contributed by atoms with Crippen LogP contribution in [0.2, 0.25) is 0 Å². The quantitative estimate of drug-likeness (QED) is 0.853. The molecule has 0 aromatic heterocycles. The number of carbonyl (C=O) groups is 1. The van der Waals surface area contributed by atoms with E-state index in [1.807, 2.05) is 6.07 Å². The molecule has 114 valence electrons. The minimum atomic E-state index is -0.209. The first-order valence-electron chi connectivity index (χ1n) is 7.71. The third-order valence-corrected chi connectivity index (χ3v) is 4.94. The molecule has 2 bridgehead atoms. The molecular formula is C17H22FNO2. The zero-order chi connectivity index (χ0) is 14.8. The minimum Gasteiger partial charge on any atom is -0.378 e. The van der Waals surface area contributed by atoms with Crippen LogP contribution in [-0.4, -0.2) is 43.0 Å². The molecule has 0 radical (unpaired) electrons. The number of aryl methyl sites for hydroxylation is 1. The number of morpholine rings is 1. The molecule has 4 heteroatoms. The molecule has 2 unspecified atom stereocenters. The van der Waals surface area contributed by atoms with Crippen LogP contribution in [-0.2, 0) is 16.0 Å². The van der Waals surface area contributed by atoms with Gasteiger partial charge in [0.1, 0.15) is 11.6 Å². The number of likely N-dealkylation sites (N-methyl/N-ethyl adjacent to an activating group) is 1. The number of hydrogen-bond acceptors (Lipinski definition) is 3. The smallest absolute Gasteiger partial charge is 0.136 e. The van der Waals surface area contributed by atoms with E-state index in [4.69, 9.17) is 4.74 Å². The van der Waals surface area contributed by atoms with Crippen LogP contribution in [0.5, 0.6) is 0 Å². The Morgan fingerprint density at radius 3 is 2.62 bits per heavy atom. The van der Waals surface area contributed by atoms with Crippen molar-refractivity contribution in [1.82, 2.24) is 4.90 Å². The number of ether oxygens (including phenoxy) is 1. The maximum Gasteiger partial charge on any atom is 0.136 e. The predicted octanol–water partition coefficient (Wildman–Crippen LogP) is 2.44. The molecule has 2 heterocycles. The minimum absolute atomic E-state index is 0.117. The van der Waals surface area contributed by atoms with Crippen molar-refractivity contribution in [2.24, 2.45) is 5.92 Å². The van der Waals surface area contributed by atoms with Crippen molar-refractivity contribution < 1.29 is 13.9 Å². The Morgan fingerprint density at radius 1 is 1.29 bits per heavy atom. The van der Waals surface area contributed by atoms with Crippen molar-refractivity contribution in [2.75, 3.05) is 20.3 Å². The van der Waals surface area contributed by atoms with Gasteiger partial charge in [-0.15, -0.1) is 0 Å². The predicted molar refractivity (Wildman–Crippen MR) is 78.6 cm³/mol. The first-order chi connectivity index (χ1) is 10.1. The van der Waals surface area contributed by atoms with Gasteiger partial charge in [0.05, 0.1) is 13.2 Å². The molecule has 2 atom stereocenters. The standard InChI is InChI=1S/C17H22FNO2/c1-19-14-8-13(9-15(19)11-21-10-14)17(20)7-6-12-4-2-3-5-16(12)18/h2-5,13-15H,6-11H2,1H3. The Kier molecular flexibility index (Phi) is 4.36. The largest absolute Gasteiger partial charge is 0.378 e. The second-order valence-electron chi connectivity index (χ2n) is 6.24. The summed E-state index contributed by atoms with van der Waals surface area (Å²) in [4.78, 5) is 14.8. The molecule has 3 rings (SSSR count). The van der Waals surface area contributed by atoms with Gasteiger partial charge in [0, 0.05) is 24.4 Å². The van der Waals surface area contributed by atoms with Crippen LogP contribution in [0.3, 0.4) is 0 Å². The summed E-state index contributed by atoms with van der Waals surface area (Å²) in [6.45, 7) is 1.45. The van der Waals surface area contributed by atoms with Crippen molar-refractivity contribution in [1.29, 1.82) is 0 Å². The van der Waals surface area contributed by atoms with E-state index in [2.05, 4.69) is 11.9 Å². The van der Waals surface area contributed by atoms with E-state index in [-0.39, 0.29) is 17.5 Å². The SMILES string of the molecule is CN1C2COCC1CC(C(=O)CCc1ccccc1F)C2. The van der Waals surface area contributed by atoms with Crippen molar-refractivity contribution in [3.63, 3.8) is 0 Å². The van der Waals surface area contributed by atoms with E-state index in [1.165, 1.54) is 6.07 Å². The number of halogens is 1. The van der Waals surface area contributed by atoms with Crippen LogP contribution >= 0.6 is 0 Å². The van der Waals surface area contributed by atoms with E-state index in [1.54, 1.807) is 12.1 Å². The van der Waals surface area contributed by atoms with Gasteiger partial charge >= 0.3 is 0 Å². The van der Waals surface area contributed by atoms with Crippen molar-refractivity contribution >= 4 is 5.78 Å². The molecule has 2 fully saturated rings. The lowest BCUT2D eigenvalue weighted by Crippen LogP contribution is -2.55. The fraction of sp³-hybridized carbons (Fsp3) is 0.588. The summed E-state index contributed by atoms with van der Waals surface area (Å²) in [6.07, 6.45) is 2.70. The molecule has 0 spiro atoms. The highest BCUT2D eigenvalue weighted by atomic mass is 19.1. The molecule has 1 aromatic rings. The molecule has 3 nitrogen and oxygen atoms in total. The fourth-order valence-corrected chi connectivity index (χ4v) is 3.52. The average Bonchev–Trinajstić information content (AvgIpc) is 2.46. The number of nitrogens with zero attached hydrogens (tertiary/aromatic N) is 1. The monoisotopic (exact) mass is 291 g/mol. The number of carbonyl (C=O) groups excluding carboxylic acids is 1. The normalized spacial score (nSPS) is 29.3. The fourth-order valence-electron chi connectivity index (χ4n) is 3.52. The molecule has 21 heavy (non-hydrogen) atoms. The van der Waals surface area contributed by atoms with Crippen molar-refractivity contribution in [3.8, 4) is 0 Å². The summed E-state index contributed by atoms with van der Waals surface area (Å²) >= 11 is 0. The molecule has 2 aliphatic heterocycles. The van der Waals surface area contributed by atoms with Gasteiger partial charge in [0.2, 0.25) is 0 Å². The number of hydrogen-bond donors (Lipinski definition) is 0. The molecule has 0 amide bonds. The van der Waals surface area contributed by atoms with Gasteiger partial charge in [0.25, 0.3) is 0 Å². The Balaban J connectivity index is 1.58. The molecule has 2 saturated heterocycles. The van der Waals surface area contributed by atoms with Crippen LogP contribution in [0.15, 0.2) is 24.3 Å². The topological polar surface area (TPSA) is 29.5 Å². The molecule has 0 aliphatic carbocycles. The molecule has 0 N–H and O–H groups in total. The Hall–Kier alpha value is -1.26. The summed E-state index contributed by atoms with van der Waals surface area (Å²) in [6, 6.07) is 7.44. The second-order valence-corrected chi connectivity index (χ2v) is 6.24. The van der Waals surface area contributed by atoms with Crippen molar-refractivity contribution in [3.05, 3.63) is 35.6 Å². The van der Waals surface area contributed by atoms with Gasteiger partial charge in [-0.2, -0.15) is 0 Å². The summed E-state index contributed by atoms with van der Waals surface area (Å²) in [5, 5.41) is 0. The van der Waals surface area contributed by atoms with Gasteiger partial charge in [-0.1, -0.05) is 18.2 Å². The Morgan fingerprint density at radius 2 is 1.95 bits per heavy atom. The third kappa shape index (κ3) is 3.16. The second kappa shape index (κ2) is 6.24.